The van der Waals surface area contributed by atoms with Gasteiger partial charge in [-0.15, -0.1) is 0 Å². The maximum atomic E-state index is 13.2. The minimum Gasteiger partial charge on any atom is -0.466 e. The van der Waals surface area contributed by atoms with E-state index < -0.39 is 23.3 Å². The van der Waals surface area contributed by atoms with Crippen LogP contribution in [0.2, 0.25) is 0 Å². The number of nitrogens with one attached hydrogen (secondary N) is 1. The van der Waals surface area contributed by atoms with Gasteiger partial charge in [0.1, 0.15) is 6.29 Å². The molecule has 1 heterocycles. The van der Waals surface area contributed by atoms with Gasteiger partial charge >= 0.3 is 12.1 Å². The van der Waals surface area contributed by atoms with Crippen molar-refractivity contribution in [3.8, 4) is 0 Å². The van der Waals surface area contributed by atoms with Gasteiger partial charge in [-0.2, -0.15) is 13.2 Å². The number of aldehydes is 1. The van der Waals surface area contributed by atoms with Crippen LogP contribution in [0.15, 0.2) is 24.4 Å². The molecule has 0 fully saturated rings. The number of aliphatic hydroxyl groups is 1. The lowest BCUT2D eigenvalue weighted by molar-refractivity contribution is -0.266. The molecular formula is C13H10F3NO4. The van der Waals surface area contributed by atoms with Crippen molar-refractivity contribution in [3.63, 3.8) is 0 Å². The summed E-state index contributed by atoms with van der Waals surface area (Å²) in [6, 6.07) is 3.91. The maximum Gasteiger partial charge on any atom is 0.432 e. The van der Waals surface area contributed by atoms with Crippen LogP contribution in [0.5, 0.6) is 0 Å². The Bertz CT molecular complexity index is 707. The zero-order valence-electron chi connectivity index (χ0n) is 10.7. The minimum atomic E-state index is -5.29. The number of alkyl halides is 3. The Morgan fingerprint density at radius 2 is 2.05 bits per heavy atom. The van der Waals surface area contributed by atoms with Crippen molar-refractivity contribution in [2.45, 2.75) is 11.8 Å². The van der Waals surface area contributed by atoms with Crippen molar-refractivity contribution in [2.24, 2.45) is 0 Å². The minimum absolute atomic E-state index is 0.0928. The average molecular weight is 301 g/mol. The van der Waals surface area contributed by atoms with Gasteiger partial charge in [-0.25, -0.2) is 4.79 Å². The first-order valence-corrected chi connectivity index (χ1v) is 5.70. The second-order valence-corrected chi connectivity index (χ2v) is 4.32. The molecule has 0 radical (unpaired) electrons. The predicted octanol–water partition coefficient (Wildman–Crippen LogP) is 1.90. The van der Waals surface area contributed by atoms with Gasteiger partial charge < -0.3 is 14.8 Å². The molecule has 0 amide bonds. The molecule has 2 aromatic rings. The van der Waals surface area contributed by atoms with Gasteiger partial charge in [-0.3, -0.25) is 4.79 Å². The molecule has 0 saturated heterocycles. The van der Waals surface area contributed by atoms with E-state index in [1.165, 1.54) is 12.1 Å². The Kier molecular flexibility index (Phi) is 3.50. The monoisotopic (exact) mass is 301 g/mol. The van der Waals surface area contributed by atoms with Crippen LogP contribution in [-0.4, -0.2) is 35.6 Å². The van der Waals surface area contributed by atoms with Gasteiger partial charge in [-0.1, -0.05) is 0 Å². The van der Waals surface area contributed by atoms with E-state index in [1.54, 1.807) is 0 Å². The number of carbonyl (C=O) groups is 2. The van der Waals surface area contributed by atoms with E-state index in [4.69, 9.17) is 0 Å². The summed E-state index contributed by atoms with van der Waals surface area (Å²) >= 11 is 0. The number of ether oxygens (including phenoxy) is 1. The van der Waals surface area contributed by atoms with E-state index in [1.807, 2.05) is 0 Å². The first-order valence-electron chi connectivity index (χ1n) is 5.70. The Morgan fingerprint density at radius 1 is 1.38 bits per heavy atom. The standard InChI is InChI=1S/C13H10F3NO4/c1-21-11(19)12(20,13(14,15)16)9-5-17-10-3-2-7(6-18)4-8(9)10/h2-6,17,20H,1H3. The molecule has 1 unspecified atom stereocenters. The Hall–Kier alpha value is -2.35. The number of carbonyl (C=O) groups excluding carboxylic acids is 2. The molecule has 2 N–H and O–H groups in total. The third-order valence-corrected chi connectivity index (χ3v) is 3.12. The number of methoxy groups -OCH3 is 1. The molecule has 5 nitrogen and oxygen atoms in total. The third-order valence-electron chi connectivity index (χ3n) is 3.12. The lowest BCUT2D eigenvalue weighted by atomic mass is 9.92. The van der Waals surface area contributed by atoms with E-state index in [-0.39, 0.29) is 16.5 Å². The Morgan fingerprint density at radius 3 is 2.57 bits per heavy atom. The summed E-state index contributed by atoms with van der Waals surface area (Å²) in [5, 5.41) is 9.84. The molecular weight excluding hydrogens is 291 g/mol. The molecule has 0 saturated carbocycles. The fourth-order valence-corrected chi connectivity index (χ4v) is 2.04. The summed E-state index contributed by atoms with van der Waals surface area (Å²) in [7, 11) is 0.741. The molecule has 1 aromatic carbocycles. The molecule has 0 aliphatic rings. The number of benzene rings is 1. The maximum absolute atomic E-state index is 13.2. The normalized spacial score (nSPS) is 14.7. The fraction of sp³-hybridized carbons (Fsp3) is 0.231. The molecule has 1 aromatic heterocycles. The van der Waals surface area contributed by atoms with Gasteiger partial charge in [-0.05, 0) is 18.2 Å². The summed E-state index contributed by atoms with van der Waals surface area (Å²) < 4.78 is 43.6. The predicted molar refractivity (Wildman–Crippen MR) is 65.7 cm³/mol. The van der Waals surface area contributed by atoms with Crippen molar-refractivity contribution in [1.29, 1.82) is 0 Å². The SMILES string of the molecule is COC(=O)C(O)(c1c[nH]c2ccc(C=O)cc12)C(F)(F)F. The zero-order valence-corrected chi connectivity index (χ0v) is 10.7. The third kappa shape index (κ3) is 2.17. The van der Waals surface area contributed by atoms with Crippen LogP contribution >= 0.6 is 0 Å². The lowest BCUT2D eigenvalue weighted by Crippen LogP contribution is -2.49. The van der Waals surface area contributed by atoms with Gasteiger partial charge in [0.25, 0.3) is 5.60 Å². The van der Waals surface area contributed by atoms with Crippen molar-refractivity contribution in [3.05, 3.63) is 35.5 Å². The van der Waals surface area contributed by atoms with Crippen LogP contribution in [0.3, 0.4) is 0 Å². The van der Waals surface area contributed by atoms with Crippen molar-refractivity contribution in [1.82, 2.24) is 4.98 Å². The quantitative estimate of drug-likeness (QED) is 0.670. The molecule has 0 spiro atoms. The molecule has 0 aliphatic carbocycles. The van der Waals surface area contributed by atoms with E-state index in [2.05, 4.69) is 9.72 Å². The number of rotatable bonds is 3. The van der Waals surface area contributed by atoms with Gasteiger partial charge in [0, 0.05) is 28.2 Å². The van der Waals surface area contributed by atoms with Crippen LogP contribution in [-0.2, 0) is 15.1 Å². The molecule has 21 heavy (non-hydrogen) atoms. The zero-order chi connectivity index (χ0) is 15.8. The number of hydrogen-bond acceptors (Lipinski definition) is 4. The van der Waals surface area contributed by atoms with E-state index >= 15 is 0 Å². The lowest BCUT2D eigenvalue weighted by Gasteiger charge is -2.27. The molecule has 0 bridgehead atoms. The molecule has 2 rings (SSSR count). The van der Waals surface area contributed by atoms with E-state index in [0.717, 1.165) is 19.4 Å². The summed E-state index contributed by atoms with van der Waals surface area (Å²) in [6.45, 7) is 0. The first kappa shape index (κ1) is 15.0. The van der Waals surface area contributed by atoms with Gasteiger partial charge in [0.2, 0.25) is 0 Å². The summed E-state index contributed by atoms with van der Waals surface area (Å²) in [5.74, 6) is -1.85. The van der Waals surface area contributed by atoms with Crippen LogP contribution < -0.4 is 0 Å². The fourth-order valence-electron chi connectivity index (χ4n) is 2.04. The molecule has 0 aliphatic heterocycles. The highest BCUT2D eigenvalue weighted by molar-refractivity contribution is 5.94. The number of fused-ring (bicyclic) bond motifs is 1. The number of aromatic amines is 1. The average Bonchev–Trinajstić information content (AvgIpc) is 2.87. The van der Waals surface area contributed by atoms with Gasteiger partial charge in [0.15, 0.2) is 0 Å². The van der Waals surface area contributed by atoms with Crippen molar-refractivity contribution < 1.29 is 32.6 Å². The highest BCUT2D eigenvalue weighted by atomic mass is 19.4. The second-order valence-electron chi connectivity index (χ2n) is 4.32. The second kappa shape index (κ2) is 4.88. The first-order chi connectivity index (χ1) is 9.75. The van der Waals surface area contributed by atoms with E-state index in [0.29, 0.717) is 6.29 Å². The number of aromatic nitrogens is 1. The summed E-state index contributed by atoms with van der Waals surface area (Å²) in [6.07, 6.45) is -3.98. The van der Waals surface area contributed by atoms with Crippen LogP contribution in [0.4, 0.5) is 13.2 Å². The van der Waals surface area contributed by atoms with Crippen molar-refractivity contribution in [2.75, 3.05) is 7.11 Å². The Balaban J connectivity index is 2.77. The molecule has 112 valence electrons. The number of H-pyrrole nitrogens is 1. The number of hydrogen-bond donors (Lipinski definition) is 2. The highest BCUT2D eigenvalue weighted by Crippen LogP contribution is 2.42. The van der Waals surface area contributed by atoms with Crippen LogP contribution in [0, 0.1) is 0 Å². The van der Waals surface area contributed by atoms with Gasteiger partial charge in [0.05, 0.1) is 7.11 Å². The largest absolute Gasteiger partial charge is 0.466 e. The smallest absolute Gasteiger partial charge is 0.432 e. The topological polar surface area (TPSA) is 79.4 Å². The number of esters is 1. The number of halogens is 3. The molecule has 1 atom stereocenters. The highest BCUT2D eigenvalue weighted by Gasteiger charge is 2.62. The Labute approximate surface area is 116 Å². The van der Waals surface area contributed by atoms with Crippen LogP contribution in [0.1, 0.15) is 15.9 Å². The summed E-state index contributed by atoms with van der Waals surface area (Å²) in [5.41, 5.74) is -4.19. The van der Waals surface area contributed by atoms with Crippen molar-refractivity contribution >= 4 is 23.2 Å². The molecule has 8 heteroatoms. The summed E-state index contributed by atoms with van der Waals surface area (Å²) in [4.78, 5) is 24.7. The van der Waals surface area contributed by atoms with E-state index in [9.17, 15) is 27.9 Å². The van der Waals surface area contributed by atoms with Crippen LogP contribution in [0.25, 0.3) is 10.9 Å².